The van der Waals surface area contributed by atoms with Crippen molar-refractivity contribution in [2.45, 2.75) is 12.1 Å². The number of ether oxygens (including phenoxy) is 1. The first kappa shape index (κ1) is 25.0. The van der Waals surface area contributed by atoms with Crippen molar-refractivity contribution in [2.24, 2.45) is 0 Å². The average molecular weight is 513 g/mol. The van der Waals surface area contributed by atoms with E-state index < -0.39 is 5.54 Å². The molecular formula is C30H29ClN4O2. The van der Waals surface area contributed by atoms with E-state index in [1.165, 1.54) is 0 Å². The molecule has 0 unspecified atom stereocenters. The second kappa shape index (κ2) is 11.1. The number of halogens is 1. The number of hydrogen-bond donors (Lipinski definition) is 3. The van der Waals surface area contributed by atoms with Crippen LogP contribution < -0.4 is 5.32 Å². The third-order valence-electron chi connectivity index (χ3n) is 6.72. The number of hydrogen-bond acceptors (Lipinski definition) is 5. The van der Waals surface area contributed by atoms with Crippen LogP contribution in [-0.2, 0) is 16.9 Å². The van der Waals surface area contributed by atoms with Gasteiger partial charge in [0, 0.05) is 13.1 Å². The van der Waals surface area contributed by atoms with Gasteiger partial charge in [-0.2, -0.15) is 0 Å². The minimum Gasteiger partial charge on any atom is -0.390 e. The molecule has 0 amide bonds. The van der Waals surface area contributed by atoms with Crippen LogP contribution in [0.15, 0.2) is 97.1 Å². The molecule has 37 heavy (non-hydrogen) atoms. The van der Waals surface area contributed by atoms with Crippen LogP contribution in [0.25, 0.3) is 0 Å². The minimum atomic E-state index is -0.818. The van der Waals surface area contributed by atoms with E-state index in [2.05, 4.69) is 46.7 Å². The summed E-state index contributed by atoms with van der Waals surface area (Å²) in [5.74, 6) is 0.280. The van der Waals surface area contributed by atoms with E-state index in [1.807, 2.05) is 59.5 Å². The molecule has 1 aliphatic rings. The van der Waals surface area contributed by atoms with Gasteiger partial charge < -0.3 is 20.1 Å². The number of anilines is 1. The first-order valence-corrected chi connectivity index (χ1v) is 12.7. The van der Waals surface area contributed by atoms with Gasteiger partial charge in [-0.15, -0.1) is 0 Å². The van der Waals surface area contributed by atoms with E-state index in [-0.39, 0.29) is 17.6 Å². The zero-order valence-corrected chi connectivity index (χ0v) is 21.2. The number of morpholine rings is 1. The molecule has 6 nitrogen and oxygen atoms in total. The highest BCUT2D eigenvalue weighted by Gasteiger charge is 2.38. The molecule has 0 radical (unpaired) electrons. The maximum atomic E-state index is 10.3. The van der Waals surface area contributed by atoms with Crippen LogP contribution in [0.3, 0.4) is 0 Å². The summed E-state index contributed by atoms with van der Waals surface area (Å²) in [6, 6.07) is 32.4. The zero-order valence-electron chi connectivity index (χ0n) is 20.4. The van der Waals surface area contributed by atoms with Gasteiger partial charge in [0.15, 0.2) is 0 Å². The van der Waals surface area contributed by atoms with Crippen LogP contribution in [-0.4, -0.2) is 47.1 Å². The van der Waals surface area contributed by atoms with E-state index in [1.54, 1.807) is 6.07 Å². The number of aromatic nitrogens is 1. The van der Waals surface area contributed by atoms with Crippen LogP contribution in [0.1, 0.15) is 27.9 Å². The molecule has 1 fully saturated rings. The van der Waals surface area contributed by atoms with Crippen molar-refractivity contribution in [2.75, 3.05) is 31.6 Å². The Kier molecular flexibility index (Phi) is 7.51. The molecule has 0 atom stereocenters. The van der Waals surface area contributed by atoms with Crippen molar-refractivity contribution < 1.29 is 9.84 Å². The van der Waals surface area contributed by atoms with Gasteiger partial charge in [-0.05, 0) is 22.8 Å². The molecule has 2 heterocycles. The summed E-state index contributed by atoms with van der Waals surface area (Å²) in [5, 5.41) is 23.5. The normalized spacial score (nSPS) is 13.8. The largest absolute Gasteiger partial charge is 0.390 e. The Balaban J connectivity index is 1.76. The van der Waals surface area contributed by atoms with Gasteiger partial charge in [0.2, 0.25) is 0 Å². The molecule has 3 aromatic carbocycles. The van der Waals surface area contributed by atoms with Crippen molar-refractivity contribution >= 4 is 23.1 Å². The van der Waals surface area contributed by atoms with Crippen molar-refractivity contribution in [1.82, 2.24) is 9.88 Å². The topological polar surface area (TPSA) is 81.5 Å². The van der Waals surface area contributed by atoms with Crippen molar-refractivity contribution in [3.8, 4) is 0 Å². The Morgan fingerprint density at radius 1 is 0.892 bits per heavy atom. The number of amidine groups is 1. The Hall–Kier alpha value is -3.71. The summed E-state index contributed by atoms with van der Waals surface area (Å²) in [5.41, 5.74) is 3.76. The lowest BCUT2D eigenvalue weighted by molar-refractivity contribution is 0.0679. The van der Waals surface area contributed by atoms with Gasteiger partial charge in [0.25, 0.3) is 0 Å². The number of aliphatic hydroxyl groups is 1. The van der Waals surface area contributed by atoms with Crippen LogP contribution >= 0.6 is 11.6 Å². The lowest BCUT2D eigenvalue weighted by Gasteiger charge is -2.39. The van der Waals surface area contributed by atoms with Gasteiger partial charge in [-0.25, -0.2) is 4.98 Å². The fourth-order valence-corrected chi connectivity index (χ4v) is 5.18. The fraction of sp³-hybridized carbons (Fsp3) is 0.200. The number of rotatable bonds is 7. The Bertz CT molecular complexity index is 1250. The highest BCUT2D eigenvalue weighted by molar-refractivity contribution is 6.30. The van der Waals surface area contributed by atoms with Gasteiger partial charge >= 0.3 is 0 Å². The van der Waals surface area contributed by atoms with E-state index >= 15 is 0 Å². The molecule has 0 spiro atoms. The van der Waals surface area contributed by atoms with Gasteiger partial charge in [-0.1, -0.05) is 103 Å². The fourth-order valence-electron chi connectivity index (χ4n) is 4.97. The van der Waals surface area contributed by atoms with E-state index in [9.17, 15) is 5.11 Å². The molecule has 4 aromatic rings. The highest BCUT2D eigenvalue weighted by Crippen LogP contribution is 2.41. The molecule has 5 rings (SSSR count). The first-order valence-electron chi connectivity index (χ1n) is 12.3. The lowest BCUT2D eigenvalue weighted by Crippen LogP contribution is -2.43. The van der Waals surface area contributed by atoms with Gasteiger partial charge in [-0.3, -0.25) is 5.41 Å². The van der Waals surface area contributed by atoms with Crippen molar-refractivity contribution in [1.29, 1.82) is 5.41 Å². The van der Waals surface area contributed by atoms with Crippen LogP contribution in [0.4, 0.5) is 5.69 Å². The summed E-state index contributed by atoms with van der Waals surface area (Å²) in [6.07, 6.45) is 0. The monoisotopic (exact) mass is 512 g/mol. The third kappa shape index (κ3) is 4.96. The van der Waals surface area contributed by atoms with Crippen LogP contribution in [0, 0.1) is 5.41 Å². The SMILES string of the molecule is N=C(c1c(NC(c2ccccc2)(c2ccccc2)c2ccccc2)cc(Cl)nc1CO)N1CCOCC1. The molecule has 0 saturated carbocycles. The standard InChI is InChI=1S/C30H29ClN4O2/c31-27-20-25(28(26(21-36)33-27)29(32)35-16-18-37-19-17-35)34-30(22-10-4-1-5-11-22,23-12-6-2-7-13-23)24-14-8-3-9-15-24/h1-15,20,32,36H,16-19,21H2,(H,33,34). The van der Waals surface area contributed by atoms with Crippen LogP contribution in [0.5, 0.6) is 0 Å². The third-order valence-corrected chi connectivity index (χ3v) is 6.91. The molecule has 7 heteroatoms. The minimum absolute atomic E-state index is 0.244. The first-order chi connectivity index (χ1) is 18.1. The Morgan fingerprint density at radius 2 is 1.38 bits per heavy atom. The number of nitrogens with zero attached hydrogens (tertiary/aromatic N) is 2. The van der Waals surface area contributed by atoms with Crippen molar-refractivity contribution in [3.05, 3.63) is 130 Å². The molecule has 1 saturated heterocycles. The number of nitrogens with one attached hydrogen (secondary N) is 2. The molecule has 3 N–H and O–H groups in total. The number of pyridine rings is 1. The molecule has 1 aliphatic heterocycles. The summed E-state index contributed by atoms with van der Waals surface area (Å²) in [6.45, 7) is 1.93. The maximum absolute atomic E-state index is 10.3. The predicted octanol–water partition coefficient (Wildman–Crippen LogP) is 5.29. The predicted molar refractivity (Wildman–Crippen MR) is 147 cm³/mol. The molecular weight excluding hydrogens is 484 g/mol. The quantitative estimate of drug-likeness (QED) is 0.136. The smallest absolute Gasteiger partial charge is 0.132 e. The maximum Gasteiger partial charge on any atom is 0.132 e. The molecule has 188 valence electrons. The van der Waals surface area contributed by atoms with Crippen LogP contribution in [0.2, 0.25) is 5.15 Å². The molecule has 0 aliphatic carbocycles. The van der Waals surface area contributed by atoms with Gasteiger partial charge in [0.05, 0.1) is 36.8 Å². The summed E-state index contributed by atoms with van der Waals surface area (Å²) >= 11 is 6.49. The van der Waals surface area contributed by atoms with E-state index in [0.717, 1.165) is 16.7 Å². The summed E-state index contributed by atoms with van der Waals surface area (Å²) in [4.78, 5) is 6.35. The Morgan fingerprint density at radius 3 is 1.84 bits per heavy atom. The number of benzene rings is 3. The summed E-state index contributed by atoms with van der Waals surface area (Å²) < 4.78 is 5.51. The lowest BCUT2D eigenvalue weighted by atomic mass is 9.76. The second-order valence-corrected chi connectivity index (χ2v) is 9.28. The zero-order chi connectivity index (χ0) is 25.7. The number of aliphatic hydroxyl groups excluding tert-OH is 1. The second-order valence-electron chi connectivity index (χ2n) is 8.89. The van der Waals surface area contributed by atoms with Crippen molar-refractivity contribution in [3.63, 3.8) is 0 Å². The Labute approximate surface area is 222 Å². The van der Waals surface area contributed by atoms with Gasteiger partial charge in [0.1, 0.15) is 16.5 Å². The van der Waals surface area contributed by atoms with E-state index in [4.69, 9.17) is 21.7 Å². The highest BCUT2D eigenvalue weighted by atomic mass is 35.5. The average Bonchev–Trinajstić information content (AvgIpc) is 2.97. The molecule has 1 aromatic heterocycles. The molecule has 0 bridgehead atoms. The van der Waals surface area contributed by atoms with E-state index in [0.29, 0.717) is 43.2 Å². The summed E-state index contributed by atoms with van der Waals surface area (Å²) in [7, 11) is 0.